The first-order valence-electron chi connectivity index (χ1n) is 28.3. The number of phenolic OH excluding ortho intramolecular Hbond substituents is 2. The number of benzene rings is 7. The van der Waals surface area contributed by atoms with Crippen LogP contribution >= 0.6 is 55.1 Å². The van der Waals surface area contributed by atoms with Gasteiger partial charge >= 0.3 is 16.5 Å². The Labute approximate surface area is 614 Å². The SMILES string of the molecule is C=CS(=O)(=O)CCOCCNc1nc(F)nc(Nc2ccc3c(O)c(N=Nc4cc(S(O)(O)O)c(C)cc4S(=O)(=O)O)c(S(O)(O)O)cc3c2)n1.O=S(=O)(O)OCCS(=O)(=O)c1ccc(Nc2nc(Cl)nc(Nc3ccc4c(O)c(N=Nc5cc(S(O)(O)O)ccc5S(=O)(=O)O)c(S(O)(O)O)cc4c3)n2)cc1. The molecular formula is C53H56ClFN14O29S9. The molecule has 9 rings (SSSR count). The molecule has 107 heavy (non-hydrogen) atoms. The molecule has 0 saturated heterocycles. The molecule has 0 atom stereocenters. The molecule has 580 valence electrons. The van der Waals surface area contributed by atoms with Crippen molar-refractivity contribution in [3.05, 3.63) is 132 Å². The summed E-state index contributed by atoms with van der Waals surface area (Å²) in [5.74, 6) is -3.41. The zero-order valence-corrected chi connectivity index (χ0v) is 61.4. The second-order valence-corrected chi connectivity index (χ2v) is 35.5. The number of aromatic nitrogens is 6. The zero-order chi connectivity index (χ0) is 79.4. The number of azo groups is 2. The molecule has 0 amide bonds. The summed E-state index contributed by atoms with van der Waals surface area (Å²) in [7, 11) is -40.5. The summed E-state index contributed by atoms with van der Waals surface area (Å²) in [4.78, 5) is 18.4. The van der Waals surface area contributed by atoms with Crippen molar-refractivity contribution in [3.63, 3.8) is 0 Å². The Kier molecular flexibility index (Phi) is 25.8. The molecular weight excluding hydrogens is 1640 g/mol. The summed E-state index contributed by atoms with van der Waals surface area (Å²) in [6.45, 7) is 3.56. The van der Waals surface area contributed by atoms with E-state index in [2.05, 4.69) is 82.4 Å². The van der Waals surface area contributed by atoms with Crippen LogP contribution in [0.4, 0.5) is 68.0 Å². The van der Waals surface area contributed by atoms with Gasteiger partial charge < -0.3 is 90.9 Å². The molecule has 2 heterocycles. The van der Waals surface area contributed by atoms with Crippen LogP contribution in [-0.4, -0.2) is 188 Å². The number of aromatic hydroxyl groups is 2. The van der Waals surface area contributed by atoms with Crippen molar-refractivity contribution >= 4 is 191 Å². The van der Waals surface area contributed by atoms with E-state index in [4.69, 9.17) is 20.9 Å². The number of phenols is 2. The number of sulfone groups is 2. The molecule has 0 aliphatic rings. The molecule has 0 saturated carbocycles. The van der Waals surface area contributed by atoms with Gasteiger partial charge in [-0.25, -0.2) is 21.0 Å². The molecule has 54 heteroatoms. The lowest BCUT2D eigenvalue weighted by atomic mass is 10.1. The molecule has 0 bridgehead atoms. The smallest absolute Gasteiger partial charge is 0.397 e. The van der Waals surface area contributed by atoms with Crippen LogP contribution in [0.25, 0.3) is 21.5 Å². The molecule has 0 aliphatic heterocycles. The van der Waals surface area contributed by atoms with E-state index in [-0.39, 0.29) is 104 Å². The van der Waals surface area contributed by atoms with Gasteiger partial charge in [-0.2, -0.15) is 59.5 Å². The lowest BCUT2D eigenvalue weighted by molar-refractivity contribution is 0.159. The average molecular weight is 1700 g/mol. The maximum atomic E-state index is 14.2. The number of hydrogen-bond donors (Lipinski definition) is 21. The molecule has 21 N–H and O–H groups in total. The minimum absolute atomic E-state index is 0.0220. The molecule has 9 aromatic rings. The molecule has 0 aliphatic carbocycles. The highest BCUT2D eigenvalue weighted by atomic mass is 35.5. The van der Waals surface area contributed by atoms with Gasteiger partial charge in [0.1, 0.15) is 76.0 Å². The number of aryl methyl sites for hydroxylation is 1. The average Bonchev–Trinajstić information content (AvgIpc) is 0.759. The Hall–Kier alpha value is -8.49. The monoisotopic (exact) mass is 1690 g/mol. The van der Waals surface area contributed by atoms with Crippen LogP contribution < -0.4 is 21.3 Å². The minimum atomic E-state index is -5.03. The summed E-state index contributed by atoms with van der Waals surface area (Å²) in [5, 5.41) is 48.2. The number of ether oxygens (including phenoxy) is 1. The van der Waals surface area contributed by atoms with Crippen LogP contribution in [0.1, 0.15) is 5.56 Å². The van der Waals surface area contributed by atoms with E-state index in [0.29, 0.717) is 18.2 Å². The van der Waals surface area contributed by atoms with E-state index >= 15 is 0 Å². The van der Waals surface area contributed by atoms with Crippen LogP contribution in [0.2, 0.25) is 5.28 Å². The molecule has 43 nitrogen and oxygen atoms in total. The van der Waals surface area contributed by atoms with Crippen molar-refractivity contribution in [2.45, 2.75) is 41.2 Å². The Bertz CT molecular complexity index is 5610. The highest BCUT2D eigenvalue weighted by Crippen LogP contribution is 2.57. The Balaban J connectivity index is 0.000000271. The van der Waals surface area contributed by atoms with Gasteiger partial charge in [0.15, 0.2) is 31.2 Å². The van der Waals surface area contributed by atoms with E-state index in [1.807, 2.05) is 0 Å². The van der Waals surface area contributed by atoms with Crippen LogP contribution in [0.3, 0.4) is 0 Å². The predicted octanol–water partition coefficient (Wildman–Crippen LogP) is 12.0. The fraction of sp³-hybridized carbons (Fsp3) is 0.132. The minimum Gasteiger partial charge on any atom is -0.505 e. The predicted molar refractivity (Wildman–Crippen MR) is 386 cm³/mol. The Morgan fingerprint density at radius 2 is 0.935 bits per heavy atom. The molecule has 0 radical (unpaired) electrons. The highest BCUT2D eigenvalue weighted by Gasteiger charge is 2.31. The van der Waals surface area contributed by atoms with Crippen molar-refractivity contribution in [2.24, 2.45) is 20.5 Å². The van der Waals surface area contributed by atoms with Gasteiger partial charge in [0.2, 0.25) is 29.1 Å². The largest absolute Gasteiger partial charge is 0.505 e. The summed E-state index contributed by atoms with van der Waals surface area (Å²) in [5.41, 5.74) is -2.63. The maximum Gasteiger partial charge on any atom is 0.397 e. The van der Waals surface area contributed by atoms with E-state index in [1.54, 1.807) is 0 Å². The van der Waals surface area contributed by atoms with Gasteiger partial charge in [0.25, 0.3) is 20.2 Å². The first-order chi connectivity index (χ1) is 49.4. The van der Waals surface area contributed by atoms with E-state index in [0.717, 1.165) is 29.7 Å². The second-order valence-electron chi connectivity index (χ2n) is 21.2. The molecule has 7 aromatic carbocycles. The van der Waals surface area contributed by atoms with Crippen molar-refractivity contribution in [3.8, 4) is 11.5 Å². The van der Waals surface area contributed by atoms with E-state index in [9.17, 15) is 120 Å². The summed E-state index contributed by atoms with van der Waals surface area (Å²) in [6, 6.07) is 18.5. The molecule has 0 unspecified atom stereocenters. The summed E-state index contributed by atoms with van der Waals surface area (Å²) < 4.78 is 287. The maximum absolute atomic E-state index is 14.2. The van der Waals surface area contributed by atoms with Crippen LogP contribution in [0.15, 0.2) is 170 Å². The van der Waals surface area contributed by atoms with Gasteiger partial charge in [-0.15, -0.1) is 20.5 Å². The Morgan fingerprint density at radius 1 is 0.477 bits per heavy atom. The van der Waals surface area contributed by atoms with Crippen LogP contribution in [0.5, 0.6) is 11.5 Å². The van der Waals surface area contributed by atoms with Gasteiger partial charge in [-0.05, 0) is 138 Å². The van der Waals surface area contributed by atoms with Gasteiger partial charge in [0.05, 0.1) is 55.8 Å². The van der Waals surface area contributed by atoms with Crippen molar-refractivity contribution in [2.75, 3.05) is 59.1 Å². The summed E-state index contributed by atoms with van der Waals surface area (Å²) >= 11 is 6.08. The fourth-order valence-electron chi connectivity index (χ4n) is 8.91. The highest BCUT2D eigenvalue weighted by molar-refractivity contribution is 8.20. The fourth-order valence-corrected chi connectivity index (χ4v) is 15.0. The van der Waals surface area contributed by atoms with Crippen molar-refractivity contribution in [1.82, 2.24) is 29.9 Å². The zero-order valence-electron chi connectivity index (χ0n) is 53.2. The number of nitrogens with one attached hydrogen (secondary N) is 4. The number of nitrogens with zero attached hydrogens (tertiary/aromatic N) is 10. The standard InChI is InChI=1S/C27H26ClN7O16S5.C26H30FN7O13S4/c28-25-31-26(29-15-1-4-17(5-2-15)52(37,38)10-9-51-56(48,49)50)33-27(32-25)30-16-3-7-19-14(11-16)12-22(55(45,46)47)23(24(19)36)35-34-20-13-18(53(39,40)41)6-8-21(20)54(42,43)44;1-3-48(36,37)9-8-47-7-6-28-25-30-24(27)31-26(32-25)29-16-4-5-17-15(11-16)12-21(51(44,45)46)22(23(17)35)34-33-18-13-19(49(38,39)40)14(2)10-20(18)50(41,42)43/h1-8,11-13,36,39-41,45-47H,9-10H2,(H,42,43,44)(H,48,49,50)(H2,29,30,31,32,33);3-5,10-13,35,38-40,44-46H,1,6-9H2,2H3,(H,41,42,43)(H2,28,29,30,31,32). The molecule has 2 aromatic heterocycles. The third-order valence-electron chi connectivity index (χ3n) is 13.6. The third kappa shape index (κ3) is 22.8. The lowest BCUT2D eigenvalue weighted by Gasteiger charge is -2.23. The van der Waals surface area contributed by atoms with Gasteiger partial charge in [-0.1, -0.05) is 6.58 Å². The molecule has 0 spiro atoms. The lowest BCUT2D eigenvalue weighted by Crippen LogP contribution is -2.16. The van der Waals surface area contributed by atoms with Crippen LogP contribution in [0, 0.1) is 13.0 Å². The third-order valence-corrected chi connectivity index (χ3v) is 22.7. The summed E-state index contributed by atoms with van der Waals surface area (Å²) in [6.07, 6.45) is -1.18. The first kappa shape index (κ1) is 84.1. The number of hydrogen-bond acceptors (Lipinski definition) is 40. The number of halogens is 2. The van der Waals surface area contributed by atoms with Crippen LogP contribution in [-0.2, 0) is 59.2 Å². The Morgan fingerprint density at radius 3 is 1.41 bits per heavy atom. The second kappa shape index (κ2) is 32.8. The normalized spacial score (nSPS) is 13.5. The molecule has 0 fully saturated rings. The van der Waals surface area contributed by atoms with E-state index in [1.165, 1.54) is 67.6 Å². The van der Waals surface area contributed by atoms with E-state index < -0.39 is 176 Å². The topological polar surface area (TPSA) is 708 Å². The van der Waals surface area contributed by atoms with Crippen molar-refractivity contribution in [1.29, 1.82) is 0 Å². The van der Waals surface area contributed by atoms with Gasteiger partial charge in [-0.3, -0.25) is 13.7 Å². The van der Waals surface area contributed by atoms with Crippen molar-refractivity contribution < 1.29 is 134 Å². The quantitative estimate of drug-likeness (QED) is 0.0118. The van der Waals surface area contributed by atoms with Gasteiger partial charge in [0, 0.05) is 39.8 Å². The number of fused-ring (bicyclic) bond motifs is 2. The number of anilines is 7. The number of rotatable bonds is 29. The first-order valence-corrected chi connectivity index (χ1v) is 42.3.